The average Bonchev–Trinajstić information content (AvgIpc) is 2.60. The van der Waals surface area contributed by atoms with E-state index in [0.717, 1.165) is 23.9 Å². The first kappa shape index (κ1) is 21.5. The van der Waals surface area contributed by atoms with Gasteiger partial charge in [-0.15, -0.1) is 13.2 Å². The van der Waals surface area contributed by atoms with Crippen LogP contribution in [0.4, 0.5) is 18.9 Å². The summed E-state index contributed by atoms with van der Waals surface area (Å²) in [6, 6.07) is 8.62. The molecular formula is C18H16F3N3O3S. The summed E-state index contributed by atoms with van der Waals surface area (Å²) in [5, 5.41) is 12.3. The zero-order valence-electron chi connectivity index (χ0n) is 15.0. The highest BCUT2D eigenvalue weighted by Gasteiger charge is 2.30. The normalized spacial score (nSPS) is 11.0. The van der Waals surface area contributed by atoms with Gasteiger partial charge < -0.3 is 14.8 Å². The van der Waals surface area contributed by atoms with Gasteiger partial charge in [0.15, 0.2) is 0 Å². The van der Waals surface area contributed by atoms with Crippen molar-refractivity contribution in [3.05, 3.63) is 47.2 Å². The maximum absolute atomic E-state index is 12.1. The lowest BCUT2D eigenvalue weighted by atomic mass is 10.1. The third kappa shape index (κ3) is 6.44. The summed E-state index contributed by atoms with van der Waals surface area (Å²) in [6.07, 6.45) is -4.78. The number of carbonyl (C=O) groups excluding carboxylic acids is 1. The van der Waals surface area contributed by atoms with Crippen molar-refractivity contribution in [3.63, 3.8) is 0 Å². The van der Waals surface area contributed by atoms with E-state index in [9.17, 15) is 23.2 Å². The molecule has 0 bridgehead atoms. The van der Waals surface area contributed by atoms with Crippen LogP contribution in [0, 0.1) is 18.3 Å². The molecule has 6 nitrogen and oxygen atoms in total. The van der Waals surface area contributed by atoms with Crippen molar-refractivity contribution in [2.75, 3.05) is 18.2 Å². The third-order valence-corrected chi connectivity index (χ3v) is 4.29. The van der Waals surface area contributed by atoms with E-state index in [-0.39, 0.29) is 18.1 Å². The molecule has 1 N–H and O–H groups in total. The number of benzene rings is 1. The van der Waals surface area contributed by atoms with Crippen molar-refractivity contribution in [3.8, 4) is 11.8 Å². The number of anilines is 1. The first-order chi connectivity index (χ1) is 13.2. The fourth-order valence-electron chi connectivity index (χ4n) is 2.27. The molecule has 0 aliphatic carbocycles. The van der Waals surface area contributed by atoms with Crippen molar-refractivity contribution >= 4 is 23.4 Å². The second-order valence-electron chi connectivity index (χ2n) is 5.56. The number of hydrogen-bond acceptors (Lipinski definition) is 6. The zero-order valence-corrected chi connectivity index (χ0v) is 15.8. The van der Waals surface area contributed by atoms with Crippen LogP contribution in [0.5, 0.6) is 5.75 Å². The number of thioether (sulfide) groups is 1. The summed E-state index contributed by atoms with van der Waals surface area (Å²) in [4.78, 5) is 16.4. The number of nitriles is 1. The Balaban J connectivity index is 2.00. The van der Waals surface area contributed by atoms with Gasteiger partial charge in [-0.25, -0.2) is 4.98 Å². The first-order valence-electron chi connectivity index (χ1n) is 7.90. The number of halogens is 3. The summed E-state index contributed by atoms with van der Waals surface area (Å²) < 4.78 is 45.3. The van der Waals surface area contributed by atoms with Crippen LogP contribution in [0.1, 0.15) is 16.8 Å². The molecule has 148 valence electrons. The molecule has 1 aromatic heterocycles. The van der Waals surface area contributed by atoms with Crippen LogP contribution in [0.15, 0.2) is 35.4 Å². The monoisotopic (exact) mass is 411 g/mol. The maximum Gasteiger partial charge on any atom is 0.573 e. The molecule has 0 atom stereocenters. The van der Waals surface area contributed by atoms with E-state index in [1.54, 1.807) is 13.0 Å². The number of hydrogen-bond donors (Lipinski definition) is 1. The Bertz CT molecular complexity index is 881. The first-order valence-corrected chi connectivity index (χ1v) is 8.88. The smallest absolute Gasteiger partial charge is 0.406 e. The number of ether oxygens (including phenoxy) is 2. The lowest BCUT2D eigenvalue weighted by Gasteiger charge is -2.11. The highest BCUT2D eigenvalue weighted by atomic mass is 32.2. The summed E-state index contributed by atoms with van der Waals surface area (Å²) in [6.45, 7) is 2.02. The van der Waals surface area contributed by atoms with Crippen LogP contribution < -0.4 is 10.1 Å². The molecule has 28 heavy (non-hydrogen) atoms. The van der Waals surface area contributed by atoms with Crippen LogP contribution in [0.2, 0.25) is 0 Å². The van der Waals surface area contributed by atoms with Gasteiger partial charge in [-0.1, -0.05) is 11.8 Å². The second-order valence-corrected chi connectivity index (χ2v) is 6.52. The maximum atomic E-state index is 12.1. The number of methoxy groups -OCH3 is 1. The Morgan fingerprint density at radius 1 is 1.32 bits per heavy atom. The van der Waals surface area contributed by atoms with Gasteiger partial charge in [-0.2, -0.15) is 5.26 Å². The molecular weight excluding hydrogens is 395 g/mol. The number of amides is 1. The minimum Gasteiger partial charge on any atom is -0.406 e. The largest absolute Gasteiger partial charge is 0.573 e. The van der Waals surface area contributed by atoms with Crippen molar-refractivity contribution in [2.24, 2.45) is 0 Å². The number of alkyl halides is 3. The number of rotatable bonds is 7. The van der Waals surface area contributed by atoms with Gasteiger partial charge in [-0.05, 0) is 42.8 Å². The summed E-state index contributed by atoms with van der Waals surface area (Å²) in [7, 11) is 1.52. The SMILES string of the molecule is COCc1cc(C)nc(SCC(=O)Nc2ccc(OC(F)(F)F)cc2)c1C#N. The Labute approximate surface area is 163 Å². The quantitative estimate of drug-likeness (QED) is 0.693. The molecule has 2 aromatic rings. The number of carbonyl (C=O) groups is 1. The molecule has 1 amide bonds. The van der Waals surface area contributed by atoms with Crippen molar-refractivity contribution in [1.29, 1.82) is 5.26 Å². The van der Waals surface area contributed by atoms with E-state index in [1.807, 2.05) is 0 Å². The predicted octanol–water partition coefficient (Wildman–Crippen LogP) is 4.04. The zero-order chi connectivity index (χ0) is 20.7. The van der Waals surface area contributed by atoms with Crippen LogP contribution in [-0.2, 0) is 16.1 Å². The van der Waals surface area contributed by atoms with Crippen LogP contribution >= 0.6 is 11.8 Å². The molecule has 0 aliphatic rings. The number of aromatic nitrogens is 1. The number of aryl methyl sites for hydroxylation is 1. The molecule has 0 spiro atoms. The molecule has 10 heteroatoms. The van der Waals surface area contributed by atoms with Gasteiger partial charge in [0.1, 0.15) is 16.8 Å². The Morgan fingerprint density at radius 3 is 2.57 bits per heavy atom. The standard InChI is InChI=1S/C18H16F3N3O3S/c1-11-7-12(9-26-2)15(8-22)17(23-11)28-10-16(25)24-13-3-5-14(6-4-13)27-18(19,20)21/h3-7H,9-10H2,1-2H3,(H,24,25). The lowest BCUT2D eigenvalue weighted by molar-refractivity contribution is -0.274. The molecule has 2 rings (SSSR count). The van der Waals surface area contributed by atoms with E-state index in [2.05, 4.69) is 21.1 Å². The van der Waals surface area contributed by atoms with Gasteiger partial charge in [0, 0.05) is 18.5 Å². The summed E-state index contributed by atoms with van der Waals surface area (Å²) >= 11 is 1.09. The van der Waals surface area contributed by atoms with Gasteiger partial charge in [0.05, 0.1) is 17.9 Å². The van der Waals surface area contributed by atoms with Crippen LogP contribution in [-0.4, -0.2) is 30.1 Å². The van der Waals surface area contributed by atoms with E-state index < -0.39 is 12.3 Å². The third-order valence-electron chi connectivity index (χ3n) is 3.32. The van der Waals surface area contributed by atoms with E-state index in [1.165, 1.54) is 19.2 Å². The molecule has 0 unspecified atom stereocenters. The Kier molecular flexibility index (Phi) is 7.25. The van der Waals surface area contributed by atoms with Gasteiger partial charge in [0.2, 0.25) is 5.91 Å². The van der Waals surface area contributed by atoms with Crippen LogP contribution in [0.3, 0.4) is 0 Å². The lowest BCUT2D eigenvalue weighted by Crippen LogP contribution is -2.17. The minimum atomic E-state index is -4.78. The number of pyridine rings is 1. The van der Waals surface area contributed by atoms with Crippen molar-refractivity contribution < 1.29 is 27.4 Å². The Morgan fingerprint density at radius 2 is 2.00 bits per heavy atom. The molecule has 0 aliphatic heterocycles. The molecule has 0 fully saturated rings. The van der Waals surface area contributed by atoms with Gasteiger partial charge in [0.25, 0.3) is 0 Å². The molecule has 1 heterocycles. The average molecular weight is 411 g/mol. The van der Waals surface area contributed by atoms with Gasteiger partial charge in [-0.3, -0.25) is 4.79 Å². The van der Waals surface area contributed by atoms with E-state index >= 15 is 0 Å². The number of nitrogens with one attached hydrogen (secondary N) is 1. The number of nitrogens with zero attached hydrogens (tertiary/aromatic N) is 2. The van der Waals surface area contributed by atoms with Gasteiger partial charge >= 0.3 is 6.36 Å². The summed E-state index contributed by atoms with van der Waals surface area (Å²) in [5.74, 6) is -0.804. The molecule has 0 saturated carbocycles. The highest BCUT2D eigenvalue weighted by molar-refractivity contribution is 8.00. The topological polar surface area (TPSA) is 84.2 Å². The summed E-state index contributed by atoms with van der Waals surface area (Å²) in [5.41, 5.74) is 2.03. The second kappa shape index (κ2) is 9.43. The fraction of sp³-hybridized carbons (Fsp3) is 0.278. The Hall–Kier alpha value is -2.77. The van der Waals surface area contributed by atoms with Crippen molar-refractivity contribution in [2.45, 2.75) is 24.9 Å². The van der Waals surface area contributed by atoms with E-state index in [0.29, 0.717) is 27.5 Å². The van der Waals surface area contributed by atoms with Crippen LogP contribution in [0.25, 0.3) is 0 Å². The molecule has 0 radical (unpaired) electrons. The highest BCUT2D eigenvalue weighted by Crippen LogP contribution is 2.26. The van der Waals surface area contributed by atoms with E-state index in [4.69, 9.17) is 4.74 Å². The molecule has 1 aromatic carbocycles. The minimum absolute atomic E-state index is 0.0294. The van der Waals surface area contributed by atoms with Crippen molar-refractivity contribution in [1.82, 2.24) is 4.98 Å². The molecule has 0 saturated heterocycles. The fourth-order valence-corrected chi connectivity index (χ4v) is 3.14. The predicted molar refractivity (Wildman–Crippen MR) is 96.9 cm³/mol.